The van der Waals surface area contributed by atoms with Gasteiger partial charge in [0.05, 0.1) is 5.39 Å². The zero-order valence-corrected chi connectivity index (χ0v) is 22.5. The van der Waals surface area contributed by atoms with Crippen molar-refractivity contribution in [3.8, 4) is 22.6 Å². The van der Waals surface area contributed by atoms with Crippen LogP contribution in [0.15, 0.2) is 55.0 Å². The summed E-state index contributed by atoms with van der Waals surface area (Å²) >= 11 is 0. The Morgan fingerprint density at radius 1 is 1.05 bits per heavy atom. The van der Waals surface area contributed by atoms with E-state index in [-0.39, 0.29) is 17.8 Å². The lowest BCUT2D eigenvalue weighted by molar-refractivity contribution is -0.119. The van der Waals surface area contributed by atoms with Gasteiger partial charge >= 0.3 is 6.09 Å². The molecule has 8 heteroatoms. The topological polar surface area (TPSA) is 97.4 Å². The van der Waals surface area contributed by atoms with Crippen molar-refractivity contribution in [3.63, 3.8) is 0 Å². The zero-order chi connectivity index (χ0) is 27.1. The van der Waals surface area contributed by atoms with Crippen molar-refractivity contribution < 1.29 is 19.1 Å². The summed E-state index contributed by atoms with van der Waals surface area (Å²) in [4.78, 5) is 38.9. The lowest BCUT2D eigenvalue weighted by Gasteiger charge is -2.31. The first-order valence-electron chi connectivity index (χ1n) is 13.5. The number of hydrogen-bond acceptors (Lipinski definition) is 6. The number of fused-ring (bicyclic) bond motifs is 2. The largest absolute Gasteiger partial charge is 0.457 e. The van der Waals surface area contributed by atoms with Crippen molar-refractivity contribution in [1.82, 2.24) is 19.9 Å². The molecular weight excluding hydrogens is 492 g/mol. The number of ketones is 1. The van der Waals surface area contributed by atoms with Crippen molar-refractivity contribution in [2.75, 3.05) is 6.54 Å². The molecule has 0 atom stereocenters. The number of carbonyl (C=O) groups excluding carboxylic acids is 2. The molecule has 1 saturated carbocycles. The highest BCUT2D eigenvalue weighted by Crippen LogP contribution is 2.38. The van der Waals surface area contributed by atoms with E-state index in [1.807, 2.05) is 57.3 Å². The van der Waals surface area contributed by atoms with Crippen LogP contribution in [0.2, 0.25) is 0 Å². The number of Topliss-reactive ketones (excluding diaryl/α,β-unsaturated/α-hetero) is 1. The van der Waals surface area contributed by atoms with E-state index in [2.05, 4.69) is 21.0 Å². The third kappa shape index (κ3) is 5.50. The zero-order valence-electron chi connectivity index (χ0n) is 22.5. The number of aromatic nitrogens is 3. The lowest BCUT2D eigenvalue weighted by Crippen LogP contribution is -2.39. The Bertz CT molecular complexity index is 1560. The van der Waals surface area contributed by atoms with Gasteiger partial charge in [-0.3, -0.25) is 9.78 Å². The molecule has 200 valence electrons. The fourth-order valence-corrected chi connectivity index (χ4v) is 5.02. The number of pyridine rings is 2. The summed E-state index contributed by atoms with van der Waals surface area (Å²) in [5.74, 6) is 1.83. The SMILES string of the molecule is CC(C)(C)OC(=O)N1CCc2ccc(Oc3ccnc4[nH]cc(-c5ccnc(CC(=O)C6CC6)c5)c34)cc2C1. The number of nitrogens with zero attached hydrogens (tertiary/aromatic N) is 3. The van der Waals surface area contributed by atoms with E-state index < -0.39 is 5.60 Å². The predicted molar refractivity (Wildman–Crippen MR) is 148 cm³/mol. The van der Waals surface area contributed by atoms with Gasteiger partial charge in [-0.05, 0) is 87.1 Å². The molecule has 1 N–H and O–H groups in total. The molecule has 1 aliphatic carbocycles. The highest BCUT2D eigenvalue weighted by molar-refractivity contribution is 5.98. The Balaban J connectivity index is 1.26. The van der Waals surface area contributed by atoms with Gasteiger partial charge in [0.25, 0.3) is 0 Å². The number of aromatic amines is 1. The number of rotatable bonds is 6. The minimum atomic E-state index is -0.536. The molecule has 39 heavy (non-hydrogen) atoms. The van der Waals surface area contributed by atoms with E-state index in [1.165, 1.54) is 5.56 Å². The molecule has 0 spiro atoms. The molecule has 3 aromatic heterocycles. The molecule has 1 amide bonds. The van der Waals surface area contributed by atoms with Crippen LogP contribution in [0, 0.1) is 5.92 Å². The third-order valence-corrected chi connectivity index (χ3v) is 7.12. The minimum Gasteiger partial charge on any atom is -0.457 e. The number of nitrogens with one attached hydrogen (secondary N) is 1. The highest BCUT2D eigenvalue weighted by Gasteiger charge is 2.29. The van der Waals surface area contributed by atoms with Gasteiger partial charge in [0.1, 0.15) is 28.5 Å². The van der Waals surface area contributed by atoms with Gasteiger partial charge in [0.2, 0.25) is 0 Å². The first-order chi connectivity index (χ1) is 18.7. The van der Waals surface area contributed by atoms with Gasteiger partial charge in [-0.15, -0.1) is 0 Å². The van der Waals surface area contributed by atoms with Crippen LogP contribution in [0.3, 0.4) is 0 Å². The number of amides is 1. The highest BCUT2D eigenvalue weighted by atomic mass is 16.6. The molecule has 8 nitrogen and oxygen atoms in total. The Hall–Kier alpha value is -4.20. The quantitative estimate of drug-likeness (QED) is 0.321. The Morgan fingerprint density at radius 2 is 1.87 bits per heavy atom. The first kappa shape index (κ1) is 25.1. The van der Waals surface area contributed by atoms with Crippen molar-refractivity contribution in [3.05, 3.63) is 71.8 Å². The van der Waals surface area contributed by atoms with Crippen molar-refractivity contribution >= 4 is 22.9 Å². The van der Waals surface area contributed by atoms with Crippen molar-refractivity contribution in [2.45, 2.75) is 58.6 Å². The van der Waals surface area contributed by atoms with Crippen LogP contribution in [-0.4, -0.2) is 43.9 Å². The number of ether oxygens (including phenoxy) is 2. The van der Waals surface area contributed by atoms with Crippen LogP contribution in [0.1, 0.15) is 50.4 Å². The summed E-state index contributed by atoms with van der Waals surface area (Å²) in [6.07, 6.45) is 8.19. The van der Waals surface area contributed by atoms with E-state index in [1.54, 1.807) is 17.3 Å². The van der Waals surface area contributed by atoms with Gasteiger partial charge in [0.15, 0.2) is 0 Å². The standard InChI is InChI=1S/C31H32N4O4/c1-31(2,3)39-30(37)35-13-10-19-6-7-24(15-22(19)18-35)38-27-9-12-33-29-28(27)25(17-34-29)21-8-11-32-23(14-21)16-26(36)20-4-5-20/h6-9,11-12,14-15,17,20H,4-5,10,13,16,18H2,1-3H3,(H,33,34). The average Bonchev–Trinajstić information content (AvgIpc) is 3.66. The Labute approximate surface area is 227 Å². The molecule has 2 aliphatic rings. The molecule has 4 heterocycles. The summed E-state index contributed by atoms with van der Waals surface area (Å²) in [7, 11) is 0. The summed E-state index contributed by atoms with van der Waals surface area (Å²) < 4.78 is 12.0. The van der Waals surface area contributed by atoms with Crippen LogP contribution in [0.4, 0.5) is 4.79 Å². The van der Waals surface area contributed by atoms with E-state index in [9.17, 15) is 9.59 Å². The maximum absolute atomic E-state index is 12.6. The van der Waals surface area contributed by atoms with E-state index in [0.29, 0.717) is 36.7 Å². The molecule has 0 unspecified atom stereocenters. The van der Waals surface area contributed by atoms with E-state index in [0.717, 1.165) is 47.0 Å². The van der Waals surface area contributed by atoms with E-state index in [4.69, 9.17) is 9.47 Å². The molecule has 4 aromatic rings. The molecule has 0 saturated heterocycles. The summed E-state index contributed by atoms with van der Waals surface area (Å²) in [6, 6.07) is 11.8. The average molecular weight is 525 g/mol. The molecule has 0 bridgehead atoms. The monoisotopic (exact) mass is 524 g/mol. The summed E-state index contributed by atoms with van der Waals surface area (Å²) in [5.41, 5.74) is 5.08. The molecule has 6 rings (SSSR count). The molecule has 0 radical (unpaired) electrons. The Kier molecular flexibility index (Phi) is 6.33. The Morgan fingerprint density at radius 3 is 2.67 bits per heavy atom. The second-order valence-electron chi connectivity index (χ2n) is 11.4. The van der Waals surface area contributed by atoms with Crippen LogP contribution >= 0.6 is 0 Å². The van der Waals surface area contributed by atoms with Crippen LogP contribution in [-0.2, 0) is 28.9 Å². The van der Waals surface area contributed by atoms with Gasteiger partial charge in [0, 0.05) is 55.3 Å². The lowest BCUT2D eigenvalue weighted by atomic mass is 9.99. The van der Waals surface area contributed by atoms with Crippen molar-refractivity contribution in [1.29, 1.82) is 0 Å². The van der Waals surface area contributed by atoms with Gasteiger partial charge in [-0.2, -0.15) is 0 Å². The molecule has 1 aromatic carbocycles. The third-order valence-electron chi connectivity index (χ3n) is 7.12. The molecule has 1 fully saturated rings. The number of H-pyrrole nitrogens is 1. The first-order valence-corrected chi connectivity index (χ1v) is 13.5. The fourth-order valence-electron chi connectivity index (χ4n) is 5.02. The fraction of sp³-hybridized carbons (Fsp3) is 0.355. The van der Waals surface area contributed by atoms with Crippen LogP contribution < -0.4 is 4.74 Å². The van der Waals surface area contributed by atoms with Gasteiger partial charge in [-0.25, -0.2) is 9.78 Å². The maximum Gasteiger partial charge on any atom is 0.410 e. The summed E-state index contributed by atoms with van der Waals surface area (Å²) in [5, 5.41) is 0.858. The molecular formula is C31H32N4O4. The maximum atomic E-state index is 12.6. The predicted octanol–water partition coefficient (Wildman–Crippen LogP) is 6.23. The summed E-state index contributed by atoms with van der Waals surface area (Å²) in [6.45, 7) is 6.72. The second-order valence-corrected chi connectivity index (χ2v) is 11.4. The van der Waals surface area contributed by atoms with Crippen LogP contribution in [0.25, 0.3) is 22.2 Å². The van der Waals surface area contributed by atoms with Crippen LogP contribution in [0.5, 0.6) is 11.5 Å². The normalized spacial score (nSPS) is 15.2. The number of benzene rings is 1. The number of hydrogen-bond donors (Lipinski definition) is 1. The van der Waals surface area contributed by atoms with Crippen molar-refractivity contribution in [2.24, 2.45) is 5.92 Å². The smallest absolute Gasteiger partial charge is 0.410 e. The van der Waals surface area contributed by atoms with Gasteiger partial charge in [-0.1, -0.05) is 6.07 Å². The number of carbonyl (C=O) groups is 2. The van der Waals surface area contributed by atoms with Gasteiger partial charge < -0.3 is 19.4 Å². The second kappa shape index (κ2) is 9.84. The molecule has 1 aliphatic heterocycles. The minimum absolute atomic E-state index is 0.209. The van der Waals surface area contributed by atoms with E-state index >= 15 is 0 Å².